The van der Waals surface area contributed by atoms with Crippen LogP contribution in [0.25, 0.3) is 22.3 Å². The second-order valence-corrected chi connectivity index (χ2v) is 7.56. The van der Waals surface area contributed by atoms with Crippen molar-refractivity contribution in [2.24, 2.45) is 0 Å². The zero-order valence-electron chi connectivity index (χ0n) is 16.9. The van der Waals surface area contributed by atoms with Crippen LogP contribution in [0.5, 0.6) is 17.2 Å². The highest BCUT2D eigenvalue weighted by atomic mass is 16.7. The van der Waals surface area contributed by atoms with Gasteiger partial charge in [-0.25, -0.2) is 0 Å². The SMILES string of the molecule is CC1OC(Oc2cc(O)c3c(=O)c(CO)c(-c4ccc(O)cc4)oc3c2)C(O)C(O)C1O. The number of fused-ring (bicyclic) bond motifs is 1. The summed E-state index contributed by atoms with van der Waals surface area (Å²) in [6.07, 6.45) is -6.59. The maximum absolute atomic E-state index is 12.9. The number of rotatable bonds is 4. The van der Waals surface area contributed by atoms with Crippen molar-refractivity contribution in [3.05, 3.63) is 52.2 Å². The number of hydrogen-bond acceptors (Lipinski definition) is 10. The third kappa shape index (κ3) is 3.78. The molecule has 0 radical (unpaired) electrons. The smallest absolute Gasteiger partial charge is 0.229 e. The molecule has 5 unspecified atom stereocenters. The van der Waals surface area contributed by atoms with Gasteiger partial charge in [0.15, 0.2) is 0 Å². The molecule has 1 aromatic heterocycles. The van der Waals surface area contributed by atoms with Crippen molar-refractivity contribution in [1.29, 1.82) is 0 Å². The Morgan fingerprint density at radius 1 is 1.00 bits per heavy atom. The van der Waals surface area contributed by atoms with E-state index in [0.29, 0.717) is 5.56 Å². The Kier molecular flexibility index (Phi) is 5.80. The maximum Gasteiger partial charge on any atom is 0.229 e. The van der Waals surface area contributed by atoms with Gasteiger partial charge in [0.2, 0.25) is 11.7 Å². The average Bonchev–Trinajstić information content (AvgIpc) is 2.76. The van der Waals surface area contributed by atoms with Crippen LogP contribution in [0, 0.1) is 0 Å². The summed E-state index contributed by atoms with van der Waals surface area (Å²) in [4.78, 5) is 12.9. The topological polar surface area (TPSA) is 170 Å². The first-order valence-corrected chi connectivity index (χ1v) is 9.80. The second-order valence-electron chi connectivity index (χ2n) is 7.56. The summed E-state index contributed by atoms with van der Waals surface area (Å²) in [6.45, 7) is 0.847. The monoisotopic (exact) mass is 446 g/mol. The van der Waals surface area contributed by atoms with Crippen LogP contribution in [0.3, 0.4) is 0 Å². The minimum Gasteiger partial charge on any atom is -0.508 e. The van der Waals surface area contributed by atoms with Crippen LogP contribution < -0.4 is 10.2 Å². The zero-order chi connectivity index (χ0) is 23.2. The van der Waals surface area contributed by atoms with Gasteiger partial charge in [-0.05, 0) is 31.2 Å². The molecular weight excluding hydrogens is 424 g/mol. The van der Waals surface area contributed by atoms with E-state index in [4.69, 9.17) is 13.9 Å². The lowest BCUT2D eigenvalue weighted by Crippen LogP contribution is -2.58. The number of hydrogen-bond donors (Lipinski definition) is 6. The minimum atomic E-state index is -1.57. The average molecular weight is 446 g/mol. The van der Waals surface area contributed by atoms with E-state index < -0.39 is 48.5 Å². The van der Waals surface area contributed by atoms with Gasteiger partial charge in [0, 0.05) is 17.7 Å². The van der Waals surface area contributed by atoms with Gasteiger partial charge in [0.25, 0.3) is 0 Å². The molecule has 0 amide bonds. The van der Waals surface area contributed by atoms with Gasteiger partial charge in [0.1, 0.15) is 52.3 Å². The molecule has 10 heteroatoms. The van der Waals surface area contributed by atoms with Gasteiger partial charge in [-0.3, -0.25) is 4.79 Å². The number of benzene rings is 2. The first kappa shape index (κ1) is 22.1. The fraction of sp³-hybridized carbons (Fsp3) is 0.318. The maximum atomic E-state index is 12.9. The van der Waals surface area contributed by atoms with E-state index in [2.05, 4.69) is 0 Å². The molecule has 4 rings (SSSR count). The molecule has 0 saturated carbocycles. The minimum absolute atomic E-state index is 0.00309. The lowest BCUT2D eigenvalue weighted by molar-refractivity contribution is -0.268. The van der Waals surface area contributed by atoms with Crippen molar-refractivity contribution in [2.75, 3.05) is 0 Å². The third-order valence-electron chi connectivity index (χ3n) is 5.39. The standard InChI is InChI=1S/C22H22O10/c1-9-17(26)19(28)20(29)22(30-9)31-12-6-14(25)16-15(7-12)32-21(13(8-23)18(16)27)10-2-4-11(24)5-3-10/h2-7,9,17,19-20,22-26,28-29H,8H2,1H3. The predicted octanol–water partition coefficient (Wildman–Crippen LogP) is 0.570. The summed E-state index contributed by atoms with van der Waals surface area (Å²) in [5.41, 5.74) is -0.385. The summed E-state index contributed by atoms with van der Waals surface area (Å²) in [6, 6.07) is 8.18. The van der Waals surface area contributed by atoms with Crippen molar-refractivity contribution < 1.29 is 44.5 Å². The molecule has 2 aromatic carbocycles. The Labute approximate surface area is 181 Å². The van der Waals surface area contributed by atoms with E-state index in [9.17, 15) is 35.4 Å². The summed E-state index contributed by atoms with van der Waals surface area (Å²) in [5, 5.41) is 59.4. The molecule has 32 heavy (non-hydrogen) atoms. The van der Waals surface area contributed by atoms with Gasteiger partial charge < -0.3 is 44.5 Å². The van der Waals surface area contributed by atoms with E-state index >= 15 is 0 Å². The zero-order valence-corrected chi connectivity index (χ0v) is 16.9. The third-order valence-corrected chi connectivity index (χ3v) is 5.39. The number of aromatic hydroxyl groups is 2. The van der Waals surface area contributed by atoms with Crippen molar-refractivity contribution >= 4 is 11.0 Å². The van der Waals surface area contributed by atoms with Crippen molar-refractivity contribution in [3.8, 4) is 28.6 Å². The van der Waals surface area contributed by atoms with E-state index in [1.165, 1.54) is 37.3 Å². The Hall–Kier alpha value is -3.15. The molecule has 170 valence electrons. The molecule has 1 fully saturated rings. The Balaban J connectivity index is 1.79. The molecule has 1 aliphatic heterocycles. The van der Waals surface area contributed by atoms with Crippen LogP contribution in [-0.2, 0) is 11.3 Å². The van der Waals surface area contributed by atoms with E-state index in [0.717, 1.165) is 6.07 Å². The lowest BCUT2D eigenvalue weighted by atomic mass is 10.00. The highest BCUT2D eigenvalue weighted by molar-refractivity contribution is 5.87. The summed E-state index contributed by atoms with van der Waals surface area (Å²) in [7, 11) is 0. The van der Waals surface area contributed by atoms with Crippen LogP contribution in [-0.4, -0.2) is 61.3 Å². The number of aliphatic hydroxyl groups is 4. The summed E-state index contributed by atoms with van der Waals surface area (Å²) >= 11 is 0. The molecule has 1 aliphatic rings. The number of ether oxygens (including phenoxy) is 2. The highest BCUT2D eigenvalue weighted by Crippen LogP contribution is 2.34. The second kappa shape index (κ2) is 8.41. The van der Waals surface area contributed by atoms with Gasteiger partial charge in [0.05, 0.1) is 18.3 Å². The van der Waals surface area contributed by atoms with Crippen LogP contribution >= 0.6 is 0 Å². The molecule has 3 aromatic rings. The van der Waals surface area contributed by atoms with Crippen molar-refractivity contribution in [3.63, 3.8) is 0 Å². The molecule has 10 nitrogen and oxygen atoms in total. The molecule has 2 heterocycles. The summed E-state index contributed by atoms with van der Waals surface area (Å²) in [5.74, 6) is -0.477. The van der Waals surface area contributed by atoms with E-state index in [1.807, 2.05) is 0 Å². The fourth-order valence-corrected chi connectivity index (χ4v) is 3.61. The van der Waals surface area contributed by atoms with Crippen LogP contribution in [0.4, 0.5) is 0 Å². The Morgan fingerprint density at radius 2 is 1.69 bits per heavy atom. The normalized spacial score (nSPS) is 25.7. The number of phenols is 2. The predicted molar refractivity (Wildman–Crippen MR) is 110 cm³/mol. The molecule has 0 aliphatic carbocycles. The van der Waals surface area contributed by atoms with E-state index in [1.54, 1.807) is 0 Å². The van der Waals surface area contributed by atoms with Crippen molar-refractivity contribution in [1.82, 2.24) is 0 Å². The fourth-order valence-electron chi connectivity index (χ4n) is 3.61. The number of phenolic OH excluding ortho intramolecular Hbond substituents is 2. The van der Waals surface area contributed by atoms with Crippen LogP contribution in [0.15, 0.2) is 45.6 Å². The Bertz CT molecular complexity index is 1190. The Morgan fingerprint density at radius 3 is 2.34 bits per heavy atom. The first-order valence-electron chi connectivity index (χ1n) is 9.80. The first-order chi connectivity index (χ1) is 15.2. The van der Waals surface area contributed by atoms with E-state index in [-0.39, 0.29) is 33.8 Å². The van der Waals surface area contributed by atoms with Crippen molar-refractivity contribution in [2.45, 2.75) is 44.2 Å². The van der Waals surface area contributed by atoms with Gasteiger partial charge in [-0.15, -0.1) is 0 Å². The van der Waals surface area contributed by atoms with Crippen LogP contribution in [0.1, 0.15) is 12.5 Å². The molecule has 0 bridgehead atoms. The molecular formula is C22H22O10. The molecule has 0 spiro atoms. The van der Waals surface area contributed by atoms with Crippen LogP contribution in [0.2, 0.25) is 0 Å². The summed E-state index contributed by atoms with van der Waals surface area (Å²) < 4.78 is 16.8. The van der Waals surface area contributed by atoms with Gasteiger partial charge in [-0.2, -0.15) is 0 Å². The molecule has 1 saturated heterocycles. The highest BCUT2D eigenvalue weighted by Gasteiger charge is 2.43. The number of aliphatic hydroxyl groups excluding tert-OH is 4. The van der Waals surface area contributed by atoms with Gasteiger partial charge >= 0.3 is 0 Å². The largest absolute Gasteiger partial charge is 0.508 e. The van der Waals surface area contributed by atoms with Gasteiger partial charge in [-0.1, -0.05) is 0 Å². The molecule has 5 atom stereocenters. The molecule has 6 N–H and O–H groups in total. The quantitative estimate of drug-likeness (QED) is 0.333. The lowest BCUT2D eigenvalue weighted by Gasteiger charge is -2.38.